The fourth-order valence-corrected chi connectivity index (χ4v) is 4.13. The molecule has 0 spiro atoms. The lowest BCUT2D eigenvalue weighted by Crippen LogP contribution is -2.16. The molecule has 2 aromatic rings. The van der Waals surface area contributed by atoms with Gasteiger partial charge in [0.2, 0.25) is 0 Å². The van der Waals surface area contributed by atoms with Crippen LogP contribution in [0.2, 0.25) is 0 Å². The van der Waals surface area contributed by atoms with Crippen LogP contribution in [0.15, 0.2) is 21.7 Å². The van der Waals surface area contributed by atoms with Crippen LogP contribution in [0.5, 0.6) is 0 Å². The van der Waals surface area contributed by atoms with Crippen LogP contribution in [-0.4, -0.2) is 18.4 Å². The first-order valence-electron chi connectivity index (χ1n) is 6.05. The zero-order valence-electron chi connectivity index (χ0n) is 11.3. The van der Waals surface area contributed by atoms with Crippen LogP contribution < -0.4 is 4.72 Å². The fourth-order valence-electron chi connectivity index (χ4n) is 1.73. The Labute approximate surface area is 125 Å². The number of nitrogens with one attached hydrogen (secondary N) is 1. The van der Waals surface area contributed by atoms with Crippen molar-refractivity contribution in [2.45, 2.75) is 31.6 Å². The van der Waals surface area contributed by atoms with Gasteiger partial charge in [0.1, 0.15) is 16.5 Å². The van der Waals surface area contributed by atoms with Gasteiger partial charge in [-0.05, 0) is 13.3 Å². The highest BCUT2D eigenvalue weighted by molar-refractivity contribution is 7.92. The van der Waals surface area contributed by atoms with Crippen LogP contribution in [0.4, 0.5) is 14.6 Å². The van der Waals surface area contributed by atoms with Crippen LogP contribution in [0.3, 0.4) is 0 Å². The number of hydrogen-bond donors (Lipinski definition) is 1. The Bertz CT molecular complexity index is 745. The van der Waals surface area contributed by atoms with E-state index in [4.69, 9.17) is 0 Å². The first-order valence-corrected chi connectivity index (χ1v) is 8.47. The quantitative estimate of drug-likeness (QED) is 0.912. The summed E-state index contributed by atoms with van der Waals surface area (Å²) in [5.41, 5.74) is 0.161. The highest BCUT2D eigenvalue weighted by Gasteiger charge is 2.25. The second kappa shape index (κ2) is 6.02. The van der Waals surface area contributed by atoms with Gasteiger partial charge in [0.15, 0.2) is 0 Å². The van der Waals surface area contributed by atoms with Crippen LogP contribution in [-0.2, 0) is 16.4 Å². The van der Waals surface area contributed by atoms with Gasteiger partial charge in [-0.15, -0.1) is 0 Å². The molecule has 2 heterocycles. The molecule has 0 bridgehead atoms. The van der Waals surface area contributed by atoms with Crippen molar-refractivity contribution < 1.29 is 17.2 Å². The number of aryl methyl sites for hydroxylation is 2. The van der Waals surface area contributed by atoms with E-state index in [1.54, 1.807) is 6.92 Å². The van der Waals surface area contributed by atoms with Gasteiger partial charge in [0.05, 0.1) is 0 Å². The Kier molecular flexibility index (Phi) is 4.52. The molecule has 21 heavy (non-hydrogen) atoms. The van der Waals surface area contributed by atoms with Crippen molar-refractivity contribution in [2.75, 3.05) is 4.72 Å². The number of alkyl halides is 2. The highest BCUT2D eigenvalue weighted by Crippen LogP contribution is 2.30. The van der Waals surface area contributed by atoms with Crippen molar-refractivity contribution >= 4 is 27.2 Å². The minimum absolute atomic E-state index is 0.0748. The summed E-state index contributed by atoms with van der Waals surface area (Å²) >= 11 is 0.911. The second-order valence-corrected chi connectivity index (χ2v) is 6.64. The van der Waals surface area contributed by atoms with Crippen molar-refractivity contribution in [2.24, 2.45) is 0 Å². The Morgan fingerprint density at radius 1 is 1.33 bits per heavy atom. The van der Waals surface area contributed by atoms with Gasteiger partial charge in [0.25, 0.3) is 16.4 Å². The average Bonchev–Trinajstić information content (AvgIpc) is 2.87. The zero-order chi connectivity index (χ0) is 15.6. The minimum Gasteiger partial charge on any atom is -0.263 e. The van der Waals surface area contributed by atoms with E-state index in [0.29, 0.717) is 17.9 Å². The molecular weight excluding hydrogens is 320 g/mol. The van der Waals surface area contributed by atoms with Crippen molar-refractivity contribution in [1.29, 1.82) is 0 Å². The summed E-state index contributed by atoms with van der Waals surface area (Å²) in [5.74, 6) is 0.484. The Balaban J connectivity index is 2.38. The number of sulfonamides is 1. The first-order chi connectivity index (χ1) is 9.83. The van der Waals surface area contributed by atoms with E-state index in [2.05, 4.69) is 14.7 Å². The monoisotopic (exact) mass is 333 g/mol. The van der Waals surface area contributed by atoms with E-state index in [-0.39, 0.29) is 5.82 Å². The molecule has 5 nitrogen and oxygen atoms in total. The van der Waals surface area contributed by atoms with Gasteiger partial charge >= 0.3 is 0 Å². The number of hydrogen-bond acceptors (Lipinski definition) is 5. The molecule has 0 radical (unpaired) electrons. The van der Waals surface area contributed by atoms with Crippen molar-refractivity contribution in [3.8, 4) is 0 Å². The topological polar surface area (TPSA) is 72.0 Å². The molecule has 0 saturated carbocycles. The molecule has 0 aliphatic carbocycles. The van der Waals surface area contributed by atoms with Gasteiger partial charge in [-0.25, -0.2) is 27.2 Å². The van der Waals surface area contributed by atoms with E-state index in [1.165, 1.54) is 11.4 Å². The summed E-state index contributed by atoms with van der Waals surface area (Å²) < 4.78 is 52.2. The van der Waals surface area contributed by atoms with E-state index < -0.39 is 26.9 Å². The number of aromatic nitrogens is 2. The van der Waals surface area contributed by atoms with Crippen LogP contribution in [0, 0.1) is 6.92 Å². The zero-order valence-corrected chi connectivity index (χ0v) is 12.9. The maximum atomic E-state index is 12.8. The summed E-state index contributed by atoms with van der Waals surface area (Å²) in [6.45, 7) is 3.50. The fraction of sp³-hybridized carbons (Fsp3) is 0.333. The number of rotatable bonds is 5. The summed E-state index contributed by atoms with van der Waals surface area (Å²) in [6, 6.07) is 1.49. The molecule has 0 fully saturated rings. The van der Waals surface area contributed by atoms with Crippen LogP contribution in [0.25, 0.3) is 0 Å². The Hall–Kier alpha value is -1.61. The third kappa shape index (κ3) is 3.53. The normalized spacial score (nSPS) is 11.9. The van der Waals surface area contributed by atoms with Crippen molar-refractivity contribution in [3.63, 3.8) is 0 Å². The lowest BCUT2D eigenvalue weighted by molar-refractivity contribution is 0.148. The molecule has 9 heteroatoms. The maximum absolute atomic E-state index is 12.8. The predicted octanol–water partition coefficient (Wildman–Crippen LogP) is 3.15. The summed E-state index contributed by atoms with van der Waals surface area (Å²) in [7, 11) is -4.10. The molecule has 0 unspecified atom stereocenters. The lowest BCUT2D eigenvalue weighted by Gasteiger charge is -2.09. The molecule has 2 rings (SSSR count). The third-order valence-corrected chi connectivity index (χ3v) is 4.99. The number of anilines is 1. The summed E-state index contributed by atoms with van der Waals surface area (Å²) in [4.78, 5) is 7.67. The molecule has 0 aliphatic rings. The van der Waals surface area contributed by atoms with Gasteiger partial charge in [-0.3, -0.25) is 4.72 Å². The number of nitrogens with zero attached hydrogens (tertiary/aromatic N) is 2. The molecule has 2 aromatic heterocycles. The molecule has 114 valence electrons. The first kappa shape index (κ1) is 15.8. The number of halogens is 2. The lowest BCUT2D eigenvalue weighted by atomic mass is 10.3. The Morgan fingerprint density at radius 2 is 2.05 bits per heavy atom. The molecule has 0 atom stereocenters. The SMILES string of the molecule is CCc1cc(NS(=O)(=O)c2cscc2C(F)F)nc(C)n1. The van der Waals surface area contributed by atoms with Gasteiger partial charge in [0, 0.05) is 28.1 Å². The summed E-state index contributed by atoms with van der Waals surface area (Å²) in [6.07, 6.45) is -2.24. The molecule has 0 amide bonds. The standard InChI is InChI=1S/C12H13F2N3O2S2/c1-3-8-4-11(16-7(2)15-8)17-21(18,19)10-6-20-5-9(10)12(13)14/h4-6,12H,3H2,1-2H3,(H,15,16,17). The van der Waals surface area contributed by atoms with Gasteiger partial charge < -0.3 is 0 Å². The molecule has 0 aliphatic heterocycles. The van der Waals surface area contributed by atoms with Crippen LogP contribution >= 0.6 is 11.3 Å². The maximum Gasteiger partial charge on any atom is 0.265 e. The van der Waals surface area contributed by atoms with E-state index >= 15 is 0 Å². The second-order valence-electron chi connectivity index (χ2n) is 4.24. The van der Waals surface area contributed by atoms with E-state index in [0.717, 1.165) is 16.7 Å². The summed E-state index contributed by atoms with van der Waals surface area (Å²) in [5, 5.41) is 2.31. The van der Waals surface area contributed by atoms with E-state index in [1.807, 2.05) is 6.92 Å². The minimum atomic E-state index is -4.10. The van der Waals surface area contributed by atoms with Gasteiger partial charge in [-0.1, -0.05) is 6.92 Å². The highest BCUT2D eigenvalue weighted by atomic mass is 32.2. The molecule has 1 N–H and O–H groups in total. The third-order valence-electron chi connectivity index (χ3n) is 2.67. The van der Waals surface area contributed by atoms with Crippen LogP contribution in [0.1, 0.15) is 30.4 Å². The van der Waals surface area contributed by atoms with E-state index in [9.17, 15) is 17.2 Å². The largest absolute Gasteiger partial charge is 0.265 e. The van der Waals surface area contributed by atoms with Crippen molar-refractivity contribution in [3.05, 3.63) is 33.9 Å². The Morgan fingerprint density at radius 3 is 2.67 bits per heavy atom. The number of thiophene rings is 1. The van der Waals surface area contributed by atoms with Crippen molar-refractivity contribution in [1.82, 2.24) is 9.97 Å². The molecule has 0 saturated heterocycles. The smallest absolute Gasteiger partial charge is 0.263 e. The predicted molar refractivity (Wildman–Crippen MR) is 76.2 cm³/mol. The average molecular weight is 333 g/mol. The molecular formula is C12H13F2N3O2S2. The van der Waals surface area contributed by atoms with Gasteiger partial charge in [-0.2, -0.15) is 11.3 Å². The molecule has 0 aromatic carbocycles.